The predicted molar refractivity (Wildman–Crippen MR) is 141 cm³/mol. The van der Waals surface area contributed by atoms with Crippen LogP contribution < -0.4 is 4.74 Å². The Balaban J connectivity index is 1.68. The first-order valence-corrected chi connectivity index (χ1v) is 11.9. The van der Waals surface area contributed by atoms with E-state index in [0.717, 1.165) is 28.1 Å². The monoisotopic (exact) mass is 481 g/mol. The third-order valence-electron chi connectivity index (χ3n) is 5.69. The van der Waals surface area contributed by atoms with E-state index in [4.69, 9.17) is 21.0 Å². The van der Waals surface area contributed by atoms with Gasteiger partial charge in [0.2, 0.25) is 5.88 Å². The lowest BCUT2D eigenvalue weighted by molar-refractivity contribution is 0.0242. The number of aliphatic hydroxyl groups is 1. The first-order valence-electron chi connectivity index (χ1n) is 11.9. The Kier molecular flexibility index (Phi) is 8.90. The van der Waals surface area contributed by atoms with Gasteiger partial charge in [0, 0.05) is 32.2 Å². The van der Waals surface area contributed by atoms with Gasteiger partial charge < -0.3 is 14.6 Å². The minimum atomic E-state index is -0.697. The van der Waals surface area contributed by atoms with Crippen LogP contribution in [-0.2, 0) is 24.9 Å². The lowest BCUT2D eigenvalue weighted by Crippen LogP contribution is -2.34. The molecule has 36 heavy (non-hydrogen) atoms. The van der Waals surface area contributed by atoms with Crippen LogP contribution in [0.1, 0.15) is 11.1 Å². The van der Waals surface area contributed by atoms with Crippen LogP contribution >= 0.6 is 0 Å². The van der Waals surface area contributed by atoms with Gasteiger partial charge in [-0.05, 0) is 17.7 Å². The molecule has 1 heterocycles. The Morgan fingerprint density at radius 1 is 0.944 bits per heavy atom. The van der Waals surface area contributed by atoms with Crippen molar-refractivity contribution < 1.29 is 14.6 Å². The summed E-state index contributed by atoms with van der Waals surface area (Å²) in [4.78, 5) is 2.18. The average Bonchev–Trinajstić information content (AvgIpc) is 3.20. The highest BCUT2D eigenvalue weighted by atomic mass is 16.5. The number of hydrogen-bond donors (Lipinski definition) is 1. The maximum Gasteiger partial charge on any atom is 0.222 e. The van der Waals surface area contributed by atoms with Crippen molar-refractivity contribution in [1.82, 2.24) is 14.7 Å². The van der Waals surface area contributed by atoms with Crippen LogP contribution in [0.4, 0.5) is 0 Å². The zero-order valence-electron chi connectivity index (χ0n) is 20.5. The Labute approximate surface area is 212 Å². The Bertz CT molecular complexity index is 1250. The fourth-order valence-corrected chi connectivity index (χ4v) is 4.11. The number of aromatic nitrogens is 2. The third kappa shape index (κ3) is 6.83. The molecule has 0 spiro atoms. The van der Waals surface area contributed by atoms with E-state index in [1.807, 2.05) is 85.9 Å². The summed E-state index contributed by atoms with van der Waals surface area (Å²) in [5, 5.41) is 15.5. The first kappa shape index (κ1) is 25.2. The number of aliphatic hydroxyl groups excluding tert-OH is 1. The minimum Gasteiger partial charge on any atom is -0.439 e. The van der Waals surface area contributed by atoms with Gasteiger partial charge in [0.15, 0.2) is 0 Å². The maximum atomic E-state index is 10.7. The topological polar surface area (TPSA) is 59.8 Å². The Morgan fingerprint density at radius 2 is 1.58 bits per heavy atom. The van der Waals surface area contributed by atoms with E-state index < -0.39 is 6.10 Å². The van der Waals surface area contributed by atoms with Crippen molar-refractivity contribution >= 4 is 0 Å². The second kappa shape index (κ2) is 12.7. The molecule has 4 rings (SSSR count). The van der Waals surface area contributed by atoms with Crippen molar-refractivity contribution in [1.29, 1.82) is 0 Å². The number of aryl methyl sites for hydroxylation is 1. The van der Waals surface area contributed by atoms with Crippen molar-refractivity contribution in [3.63, 3.8) is 0 Å². The Morgan fingerprint density at radius 3 is 2.25 bits per heavy atom. The fraction of sp³-hybridized carbons (Fsp3) is 0.233. The van der Waals surface area contributed by atoms with Crippen LogP contribution in [0.25, 0.3) is 11.3 Å². The van der Waals surface area contributed by atoms with Crippen molar-refractivity contribution in [2.45, 2.75) is 19.2 Å². The molecule has 4 aromatic rings. The van der Waals surface area contributed by atoms with Crippen LogP contribution in [0.3, 0.4) is 0 Å². The highest BCUT2D eigenvalue weighted by Gasteiger charge is 2.23. The SMILES string of the molecule is C#CCOC[C@@H](O)CN(Cc1ccccc1)Cc1c(-c2ccccc2)nn(C)c1Oc1ccccc1. The second-order valence-electron chi connectivity index (χ2n) is 8.57. The standard InChI is InChI=1S/C30H31N3O3/c1-3-19-35-23-26(34)21-33(20-24-13-7-4-8-14-24)22-28-29(25-15-9-5-10-16-25)31-32(2)30(28)36-27-17-11-6-12-18-27/h1,4-18,26,34H,19-23H2,2H3/t26-/m0/s1. The largest absolute Gasteiger partial charge is 0.439 e. The summed E-state index contributed by atoms with van der Waals surface area (Å²) >= 11 is 0. The number of benzene rings is 3. The zero-order valence-corrected chi connectivity index (χ0v) is 20.5. The van der Waals surface area contributed by atoms with Gasteiger partial charge in [-0.2, -0.15) is 5.10 Å². The van der Waals surface area contributed by atoms with Crippen LogP contribution in [0, 0.1) is 12.3 Å². The minimum absolute atomic E-state index is 0.168. The summed E-state index contributed by atoms with van der Waals surface area (Å²) in [6.07, 6.45) is 4.59. The average molecular weight is 482 g/mol. The molecule has 0 aliphatic rings. The van der Waals surface area contributed by atoms with E-state index in [1.165, 1.54) is 0 Å². The summed E-state index contributed by atoms with van der Waals surface area (Å²) in [5.41, 5.74) is 3.94. The Hall–Kier alpha value is -3.89. The molecule has 3 aromatic carbocycles. The van der Waals surface area contributed by atoms with Gasteiger partial charge >= 0.3 is 0 Å². The molecule has 0 fully saturated rings. The van der Waals surface area contributed by atoms with Gasteiger partial charge in [0.05, 0.1) is 18.3 Å². The van der Waals surface area contributed by atoms with Crippen LogP contribution in [0.5, 0.6) is 11.6 Å². The van der Waals surface area contributed by atoms with Gasteiger partial charge in [-0.25, -0.2) is 4.68 Å². The smallest absolute Gasteiger partial charge is 0.222 e. The predicted octanol–water partition coefficient (Wildman–Crippen LogP) is 4.89. The molecule has 0 aliphatic carbocycles. The van der Waals surface area contributed by atoms with E-state index in [9.17, 15) is 5.11 Å². The van der Waals surface area contributed by atoms with Crippen LogP contribution in [0.15, 0.2) is 91.0 Å². The zero-order chi connectivity index (χ0) is 25.2. The van der Waals surface area contributed by atoms with Gasteiger partial charge in [-0.3, -0.25) is 4.90 Å². The summed E-state index contributed by atoms with van der Waals surface area (Å²) in [6.45, 7) is 1.89. The number of nitrogens with zero attached hydrogens (tertiary/aromatic N) is 3. The van der Waals surface area contributed by atoms with E-state index in [2.05, 4.69) is 23.0 Å². The molecule has 0 saturated heterocycles. The van der Waals surface area contributed by atoms with Crippen molar-refractivity contribution in [2.75, 3.05) is 19.8 Å². The van der Waals surface area contributed by atoms with E-state index in [1.54, 1.807) is 4.68 Å². The van der Waals surface area contributed by atoms with Crippen LogP contribution in [-0.4, -0.2) is 45.6 Å². The molecule has 1 atom stereocenters. The highest BCUT2D eigenvalue weighted by molar-refractivity contribution is 5.65. The van der Waals surface area contributed by atoms with Gasteiger partial charge in [-0.15, -0.1) is 6.42 Å². The molecule has 0 aliphatic heterocycles. The molecule has 1 N–H and O–H groups in total. The molecular weight excluding hydrogens is 450 g/mol. The summed E-state index contributed by atoms with van der Waals surface area (Å²) in [6, 6.07) is 30.0. The lowest BCUT2D eigenvalue weighted by Gasteiger charge is -2.25. The summed E-state index contributed by atoms with van der Waals surface area (Å²) in [5.74, 6) is 3.84. The van der Waals surface area contributed by atoms with Gasteiger partial charge in [-0.1, -0.05) is 84.8 Å². The summed E-state index contributed by atoms with van der Waals surface area (Å²) < 4.78 is 13.5. The third-order valence-corrected chi connectivity index (χ3v) is 5.69. The molecule has 6 nitrogen and oxygen atoms in total. The number of terminal acetylenes is 1. The van der Waals surface area contributed by atoms with Crippen molar-refractivity contribution in [3.05, 3.63) is 102 Å². The maximum absolute atomic E-state index is 10.7. The van der Waals surface area contributed by atoms with E-state index in [-0.39, 0.29) is 13.2 Å². The molecule has 184 valence electrons. The van der Waals surface area contributed by atoms with Gasteiger partial charge in [0.25, 0.3) is 0 Å². The molecule has 0 radical (unpaired) electrons. The number of rotatable bonds is 12. The number of ether oxygens (including phenoxy) is 2. The van der Waals surface area contributed by atoms with E-state index in [0.29, 0.717) is 25.5 Å². The summed E-state index contributed by atoms with van der Waals surface area (Å²) in [7, 11) is 1.89. The van der Waals surface area contributed by atoms with Gasteiger partial charge in [0.1, 0.15) is 18.1 Å². The highest BCUT2D eigenvalue weighted by Crippen LogP contribution is 2.34. The molecule has 1 aromatic heterocycles. The van der Waals surface area contributed by atoms with Crippen molar-refractivity contribution in [2.24, 2.45) is 7.05 Å². The second-order valence-corrected chi connectivity index (χ2v) is 8.57. The number of para-hydroxylation sites is 1. The van der Waals surface area contributed by atoms with Crippen LogP contribution in [0.2, 0.25) is 0 Å². The van der Waals surface area contributed by atoms with E-state index >= 15 is 0 Å². The molecule has 6 heteroatoms. The quantitative estimate of drug-likeness (QED) is 0.231. The normalized spacial score (nSPS) is 11.8. The number of hydrogen-bond acceptors (Lipinski definition) is 5. The molecule has 0 saturated carbocycles. The van der Waals surface area contributed by atoms with Crippen molar-refractivity contribution in [3.8, 4) is 35.2 Å². The molecule has 0 bridgehead atoms. The molecular formula is C30H31N3O3. The molecule has 0 amide bonds. The lowest BCUT2D eigenvalue weighted by atomic mass is 10.1. The fourth-order valence-electron chi connectivity index (χ4n) is 4.11. The first-order chi connectivity index (χ1) is 17.6. The molecule has 0 unspecified atom stereocenters.